The number of para-hydroxylation sites is 2. The number of rotatable bonds is 5. The summed E-state index contributed by atoms with van der Waals surface area (Å²) in [6.07, 6.45) is 0.378. The number of carbonyl (C=O) groups is 1. The Hall–Kier alpha value is -1.83. The van der Waals surface area contributed by atoms with Gasteiger partial charge in [-0.3, -0.25) is 4.79 Å². The first kappa shape index (κ1) is 24.4. The average molecular weight is 472 g/mol. The van der Waals surface area contributed by atoms with E-state index in [1.165, 1.54) is 0 Å². The molecule has 2 N–H and O–H groups in total. The molecule has 2 heterocycles. The van der Waals surface area contributed by atoms with E-state index in [1.54, 1.807) is 0 Å². The predicted molar refractivity (Wildman–Crippen MR) is 125 cm³/mol. The number of aromatic nitrogens is 2. The largest absolute Gasteiger partial charge is 0.378 e. The van der Waals surface area contributed by atoms with E-state index in [1.807, 2.05) is 49.4 Å². The molecule has 1 atom stereocenters. The van der Waals surface area contributed by atoms with E-state index in [-0.39, 0.29) is 36.8 Å². The van der Waals surface area contributed by atoms with Gasteiger partial charge >= 0.3 is 0 Å². The van der Waals surface area contributed by atoms with Gasteiger partial charge in [0.25, 0.3) is 0 Å². The van der Waals surface area contributed by atoms with Crippen LogP contribution in [0, 0.1) is 6.92 Å². The molecular weight excluding hydrogens is 447 g/mol. The minimum Gasteiger partial charge on any atom is -0.378 e. The highest BCUT2D eigenvalue weighted by atomic mass is 35.5. The van der Waals surface area contributed by atoms with Gasteiger partial charge in [-0.05, 0) is 42.8 Å². The molecule has 0 spiro atoms. The predicted octanol–water partition coefficient (Wildman–Crippen LogP) is 4.21. The highest BCUT2D eigenvalue weighted by Gasteiger charge is 2.17. The van der Waals surface area contributed by atoms with Gasteiger partial charge in [0.2, 0.25) is 5.91 Å². The van der Waals surface area contributed by atoms with Gasteiger partial charge in [-0.2, -0.15) is 0 Å². The smallest absolute Gasteiger partial charge is 0.226 e. The Kier molecular flexibility index (Phi) is 8.94. The maximum absolute atomic E-state index is 12.4. The Balaban J connectivity index is 0.00000160. The summed E-state index contributed by atoms with van der Waals surface area (Å²) in [6, 6.07) is 13.7. The molecule has 3 aromatic rings. The monoisotopic (exact) mass is 470 g/mol. The van der Waals surface area contributed by atoms with Crippen molar-refractivity contribution in [1.29, 1.82) is 0 Å². The van der Waals surface area contributed by atoms with E-state index in [2.05, 4.69) is 20.2 Å². The van der Waals surface area contributed by atoms with Crippen LogP contribution < -0.4 is 10.6 Å². The highest BCUT2D eigenvalue weighted by Crippen LogP contribution is 2.24. The minimum atomic E-state index is -0.0412. The number of nitrogens with zero attached hydrogens (tertiary/aromatic N) is 2. The Morgan fingerprint density at radius 2 is 2.10 bits per heavy atom. The Labute approximate surface area is 193 Å². The number of hydrogen-bond donors (Lipinski definition) is 2. The van der Waals surface area contributed by atoms with Crippen LogP contribution in [0.4, 0.5) is 5.69 Å². The van der Waals surface area contributed by atoms with E-state index in [4.69, 9.17) is 16.3 Å². The molecule has 0 saturated carbocycles. The number of halogens is 3. The van der Waals surface area contributed by atoms with E-state index in [9.17, 15) is 4.79 Å². The average Bonchev–Trinajstić information content (AvgIpc) is 3.00. The van der Waals surface area contributed by atoms with Gasteiger partial charge < -0.3 is 19.9 Å². The van der Waals surface area contributed by atoms with Gasteiger partial charge in [-0.25, -0.2) is 4.98 Å². The summed E-state index contributed by atoms with van der Waals surface area (Å²) in [5, 5.41) is 6.93. The maximum Gasteiger partial charge on any atom is 0.226 e. The van der Waals surface area contributed by atoms with Crippen LogP contribution in [0.5, 0.6) is 0 Å². The number of carbonyl (C=O) groups excluding carboxylic acids is 1. The number of amides is 1. The molecule has 1 aromatic heterocycles. The number of morpholine rings is 1. The summed E-state index contributed by atoms with van der Waals surface area (Å²) >= 11 is 6.44. The zero-order valence-electron chi connectivity index (χ0n) is 16.6. The van der Waals surface area contributed by atoms with Gasteiger partial charge in [0.05, 0.1) is 30.8 Å². The molecule has 1 unspecified atom stereocenters. The SMILES string of the molecule is Cc1nc2ccccc2n1Cc1cc(NC(=O)CC2COCCN2)ccc1Cl.Cl.Cl. The quantitative estimate of drug-likeness (QED) is 0.585. The Bertz CT molecular complexity index is 1000. The number of benzene rings is 2. The molecular formula is C21H25Cl3N4O2. The fraction of sp³-hybridized carbons (Fsp3) is 0.333. The molecule has 1 amide bonds. The van der Waals surface area contributed by atoms with Crippen LogP contribution in [-0.2, 0) is 16.1 Å². The molecule has 0 bridgehead atoms. The number of nitrogens with one attached hydrogen (secondary N) is 2. The van der Waals surface area contributed by atoms with Gasteiger partial charge in [0.1, 0.15) is 5.82 Å². The summed E-state index contributed by atoms with van der Waals surface area (Å²) in [5.74, 6) is 0.885. The molecule has 4 rings (SSSR count). The fourth-order valence-electron chi connectivity index (χ4n) is 3.53. The number of imidazole rings is 1. The van der Waals surface area contributed by atoms with Crippen LogP contribution in [-0.4, -0.2) is 41.3 Å². The lowest BCUT2D eigenvalue weighted by molar-refractivity contribution is -0.117. The number of aryl methyl sites for hydroxylation is 1. The standard InChI is InChI=1S/C21H23ClN4O2.2ClH/c1-14-24-19-4-2-3-5-20(19)26(14)12-15-10-16(6-7-18(15)22)25-21(27)11-17-13-28-9-8-23-17;;/h2-7,10,17,23H,8-9,11-13H2,1H3,(H,25,27);2*1H. The molecule has 1 saturated heterocycles. The first-order valence-electron chi connectivity index (χ1n) is 9.41. The number of ether oxygens (including phenoxy) is 1. The lowest BCUT2D eigenvalue weighted by Crippen LogP contribution is -2.43. The van der Waals surface area contributed by atoms with Crippen LogP contribution >= 0.6 is 36.4 Å². The minimum absolute atomic E-state index is 0. The van der Waals surface area contributed by atoms with Crippen molar-refractivity contribution >= 4 is 59.0 Å². The second kappa shape index (κ2) is 11.0. The Morgan fingerprint density at radius 3 is 2.87 bits per heavy atom. The number of anilines is 1. The number of fused-ring (bicyclic) bond motifs is 1. The van der Waals surface area contributed by atoms with Crippen LogP contribution in [0.3, 0.4) is 0 Å². The molecule has 1 fully saturated rings. The van der Waals surface area contributed by atoms with Crippen molar-refractivity contribution in [2.24, 2.45) is 0 Å². The van der Waals surface area contributed by atoms with Crippen LogP contribution in [0.1, 0.15) is 17.8 Å². The first-order chi connectivity index (χ1) is 13.6. The van der Waals surface area contributed by atoms with Gasteiger partial charge in [-0.1, -0.05) is 23.7 Å². The van der Waals surface area contributed by atoms with Gasteiger partial charge in [0, 0.05) is 29.7 Å². The molecule has 9 heteroatoms. The topological polar surface area (TPSA) is 68.2 Å². The second-order valence-corrected chi connectivity index (χ2v) is 7.43. The molecule has 2 aromatic carbocycles. The van der Waals surface area contributed by atoms with Crippen LogP contribution in [0.2, 0.25) is 5.02 Å². The lowest BCUT2D eigenvalue weighted by atomic mass is 10.1. The van der Waals surface area contributed by atoms with Crippen molar-refractivity contribution in [2.45, 2.75) is 25.9 Å². The summed E-state index contributed by atoms with van der Waals surface area (Å²) in [7, 11) is 0. The summed E-state index contributed by atoms with van der Waals surface area (Å²) in [5.41, 5.74) is 3.70. The summed E-state index contributed by atoms with van der Waals surface area (Å²) in [6.45, 7) is 4.61. The van der Waals surface area contributed by atoms with Crippen molar-refractivity contribution in [3.63, 3.8) is 0 Å². The molecule has 6 nitrogen and oxygen atoms in total. The van der Waals surface area contributed by atoms with Crippen molar-refractivity contribution in [3.8, 4) is 0 Å². The third-order valence-corrected chi connectivity index (χ3v) is 5.30. The number of hydrogen-bond acceptors (Lipinski definition) is 4. The zero-order valence-corrected chi connectivity index (χ0v) is 18.9. The molecule has 1 aliphatic heterocycles. The Morgan fingerprint density at radius 1 is 1.30 bits per heavy atom. The lowest BCUT2D eigenvalue weighted by Gasteiger charge is -2.23. The van der Waals surface area contributed by atoms with Crippen LogP contribution in [0.25, 0.3) is 11.0 Å². The zero-order chi connectivity index (χ0) is 19.5. The van der Waals surface area contributed by atoms with Gasteiger partial charge in [0.15, 0.2) is 0 Å². The third kappa shape index (κ3) is 5.65. The van der Waals surface area contributed by atoms with Crippen molar-refractivity contribution in [3.05, 3.63) is 58.9 Å². The molecule has 30 heavy (non-hydrogen) atoms. The molecule has 0 radical (unpaired) electrons. The van der Waals surface area contributed by atoms with E-state index >= 15 is 0 Å². The highest BCUT2D eigenvalue weighted by molar-refractivity contribution is 6.31. The fourth-order valence-corrected chi connectivity index (χ4v) is 3.70. The third-order valence-electron chi connectivity index (χ3n) is 4.93. The maximum atomic E-state index is 12.4. The second-order valence-electron chi connectivity index (χ2n) is 7.02. The molecule has 0 aliphatic carbocycles. The molecule has 162 valence electrons. The first-order valence-corrected chi connectivity index (χ1v) is 9.79. The van der Waals surface area contributed by atoms with E-state index in [0.717, 1.165) is 34.7 Å². The normalized spacial score (nSPS) is 15.9. The van der Waals surface area contributed by atoms with Crippen molar-refractivity contribution < 1.29 is 9.53 Å². The van der Waals surface area contributed by atoms with Gasteiger partial charge in [-0.15, -0.1) is 24.8 Å². The van der Waals surface area contributed by atoms with E-state index in [0.29, 0.717) is 31.2 Å². The van der Waals surface area contributed by atoms with Crippen molar-refractivity contribution in [1.82, 2.24) is 14.9 Å². The molecule has 1 aliphatic rings. The summed E-state index contributed by atoms with van der Waals surface area (Å²) in [4.78, 5) is 17.0. The van der Waals surface area contributed by atoms with E-state index < -0.39 is 0 Å². The van der Waals surface area contributed by atoms with Crippen molar-refractivity contribution in [2.75, 3.05) is 25.1 Å². The van der Waals surface area contributed by atoms with Crippen LogP contribution in [0.15, 0.2) is 42.5 Å². The summed E-state index contributed by atoms with van der Waals surface area (Å²) < 4.78 is 7.53.